The zero-order chi connectivity index (χ0) is 16.9. The normalized spacial score (nSPS) is 17.5. The second-order valence-corrected chi connectivity index (χ2v) is 5.53. The van der Waals surface area contributed by atoms with Gasteiger partial charge in [0.05, 0.1) is 19.8 Å². The van der Waals surface area contributed by atoms with Crippen LogP contribution in [0.2, 0.25) is 0 Å². The maximum atomic E-state index is 14.3. The van der Waals surface area contributed by atoms with Crippen molar-refractivity contribution < 1.29 is 23.0 Å². The van der Waals surface area contributed by atoms with Crippen molar-refractivity contribution in [1.82, 2.24) is 5.32 Å². The first-order chi connectivity index (χ1) is 11.7. The molecule has 1 N–H and O–H groups in total. The molecule has 2 aromatic carbocycles. The number of halogens is 2. The van der Waals surface area contributed by atoms with Crippen molar-refractivity contribution in [2.75, 3.05) is 26.8 Å². The van der Waals surface area contributed by atoms with E-state index in [0.29, 0.717) is 25.1 Å². The van der Waals surface area contributed by atoms with Gasteiger partial charge < -0.3 is 19.5 Å². The summed E-state index contributed by atoms with van der Waals surface area (Å²) in [4.78, 5) is 0. The smallest absolute Gasteiger partial charge is 0.169 e. The molecule has 0 saturated carbocycles. The van der Waals surface area contributed by atoms with Crippen molar-refractivity contribution in [1.29, 1.82) is 0 Å². The number of nitrogens with one attached hydrogen (secondary N) is 1. The van der Waals surface area contributed by atoms with Gasteiger partial charge in [0.15, 0.2) is 23.1 Å². The minimum Gasteiger partial charge on any atom is -0.493 e. The summed E-state index contributed by atoms with van der Waals surface area (Å²) in [6.07, 6.45) is 0.474. The van der Waals surface area contributed by atoms with Crippen LogP contribution in [-0.4, -0.2) is 32.9 Å². The van der Waals surface area contributed by atoms with Gasteiger partial charge in [-0.3, -0.25) is 0 Å². The molecule has 0 amide bonds. The van der Waals surface area contributed by atoms with Gasteiger partial charge in [-0.15, -0.1) is 0 Å². The number of hydrogen-bond acceptors (Lipinski definition) is 4. The monoisotopic (exact) mass is 335 g/mol. The van der Waals surface area contributed by atoms with Crippen molar-refractivity contribution in [3.8, 4) is 17.2 Å². The van der Waals surface area contributed by atoms with Crippen LogP contribution >= 0.6 is 0 Å². The number of morpholine rings is 1. The van der Waals surface area contributed by atoms with E-state index in [4.69, 9.17) is 14.2 Å². The van der Waals surface area contributed by atoms with Crippen molar-refractivity contribution in [3.05, 3.63) is 53.6 Å². The Morgan fingerprint density at radius 2 is 2.08 bits per heavy atom. The Kier molecular flexibility index (Phi) is 5.27. The maximum absolute atomic E-state index is 14.3. The number of benzene rings is 2. The van der Waals surface area contributed by atoms with Crippen LogP contribution in [0, 0.1) is 11.6 Å². The summed E-state index contributed by atoms with van der Waals surface area (Å²) in [6, 6.07) is 8.62. The van der Waals surface area contributed by atoms with Gasteiger partial charge >= 0.3 is 0 Å². The molecule has 0 aromatic heterocycles. The van der Waals surface area contributed by atoms with Crippen molar-refractivity contribution in [3.63, 3.8) is 0 Å². The first-order valence-corrected chi connectivity index (χ1v) is 7.78. The number of rotatable bonds is 5. The minimum atomic E-state index is -0.484. The van der Waals surface area contributed by atoms with Crippen LogP contribution in [0.4, 0.5) is 8.78 Å². The minimum absolute atomic E-state index is 0.0435. The topological polar surface area (TPSA) is 39.7 Å². The summed E-state index contributed by atoms with van der Waals surface area (Å²) in [5.41, 5.74) is 0.690. The van der Waals surface area contributed by atoms with Gasteiger partial charge in [0, 0.05) is 31.1 Å². The Morgan fingerprint density at radius 1 is 1.21 bits per heavy atom. The van der Waals surface area contributed by atoms with Crippen LogP contribution in [0.25, 0.3) is 0 Å². The molecule has 1 aliphatic rings. The molecule has 2 aromatic rings. The van der Waals surface area contributed by atoms with Crippen LogP contribution < -0.4 is 14.8 Å². The van der Waals surface area contributed by atoms with Gasteiger partial charge in [0.25, 0.3) is 0 Å². The molecule has 3 rings (SSSR count). The molecule has 1 atom stereocenters. The first-order valence-electron chi connectivity index (χ1n) is 7.78. The van der Waals surface area contributed by atoms with Crippen LogP contribution in [0.15, 0.2) is 36.4 Å². The third kappa shape index (κ3) is 3.83. The standard InChI is InChI=1S/C18H19F2NO3/c1-22-17-10-13(19)5-6-16(17)24-18-12(3-2-4-15(18)20)9-14-11-21-7-8-23-14/h2-6,10,14,21H,7-9,11H2,1H3/t14-/m0/s1. The van der Waals surface area contributed by atoms with Crippen molar-refractivity contribution in [2.45, 2.75) is 12.5 Å². The lowest BCUT2D eigenvalue weighted by Crippen LogP contribution is -2.39. The van der Waals surface area contributed by atoms with E-state index in [1.165, 1.54) is 31.4 Å². The Bertz CT molecular complexity index is 703. The van der Waals surface area contributed by atoms with Crippen LogP contribution in [0.3, 0.4) is 0 Å². The zero-order valence-electron chi connectivity index (χ0n) is 13.4. The van der Waals surface area contributed by atoms with Gasteiger partial charge in [-0.1, -0.05) is 12.1 Å². The van der Waals surface area contributed by atoms with Crippen LogP contribution in [0.1, 0.15) is 5.56 Å². The van der Waals surface area contributed by atoms with Gasteiger partial charge in [-0.25, -0.2) is 8.78 Å². The van der Waals surface area contributed by atoms with E-state index in [1.54, 1.807) is 12.1 Å². The van der Waals surface area contributed by atoms with Crippen LogP contribution in [0.5, 0.6) is 17.2 Å². The molecule has 0 bridgehead atoms. The summed E-state index contributed by atoms with van der Waals surface area (Å²) in [6.45, 7) is 2.15. The molecule has 0 radical (unpaired) electrons. The molecule has 1 fully saturated rings. The number of ether oxygens (including phenoxy) is 3. The predicted octanol–water partition coefficient (Wildman–Crippen LogP) is 3.30. The Labute approximate surface area is 139 Å². The second kappa shape index (κ2) is 7.59. The summed E-state index contributed by atoms with van der Waals surface area (Å²) < 4.78 is 44.1. The fourth-order valence-corrected chi connectivity index (χ4v) is 2.66. The molecule has 1 aliphatic heterocycles. The number of para-hydroxylation sites is 1. The van der Waals surface area contributed by atoms with Gasteiger partial charge in [0.2, 0.25) is 0 Å². The lowest BCUT2D eigenvalue weighted by Gasteiger charge is -2.24. The van der Waals surface area contributed by atoms with E-state index in [2.05, 4.69) is 5.32 Å². The lowest BCUT2D eigenvalue weighted by molar-refractivity contribution is 0.0289. The summed E-state index contributed by atoms with van der Waals surface area (Å²) >= 11 is 0. The van der Waals surface area contributed by atoms with E-state index >= 15 is 0 Å². The SMILES string of the molecule is COc1cc(F)ccc1Oc1c(F)cccc1C[C@H]1CNCCO1. The van der Waals surface area contributed by atoms with Crippen molar-refractivity contribution in [2.24, 2.45) is 0 Å². The number of methoxy groups -OCH3 is 1. The Morgan fingerprint density at radius 3 is 2.83 bits per heavy atom. The highest BCUT2D eigenvalue weighted by atomic mass is 19.1. The lowest BCUT2D eigenvalue weighted by atomic mass is 10.1. The van der Waals surface area contributed by atoms with Gasteiger partial charge in [-0.05, 0) is 18.2 Å². The molecular weight excluding hydrogens is 316 g/mol. The molecule has 6 heteroatoms. The van der Waals surface area contributed by atoms with E-state index < -0.39 is 11.6 Å². The van der Waals surface area contributed by atoms with Crippen LogP contribution in [-0.2, 0) is 11.2 Å². The molecule has 0 aliphatic carbocycles. The Balaban J connectivity index is 1.87. The van der Waals surface area contributed by atoms with E-state index in [-0.39, 0.29) is 23.4 Å². The average molecular weight is 335 g/mol. The molecule has 24 heavy (non-hydrogen) atoms. The molecule has 1 heterocycles. The number of hydrogen-bond donors (Lipinski definition) is 1. The molecular formula is C18H19F2NO3. The van der Waals surface area contributed by atoms with Gasteiger partial charge in [0.1, 0.15) is 5.82 Å². The molecule has 1 saturated heterocycles. The van der Waals surface area contributed by atoms with Crippen molar-refractivity contribution >= 4 is 0 Å². The van der Waals surface area contributed by atoms with E-state index in [0.717, 1.165) is 6.54 Å². The second-order valence-electron chi connectivity index (χ2n) is 5.53. The average Bonchev–Trinajstić information content (AvgIpc) is 2.60. The summed E-state index contributed by atoms with van der Waals surface area (Å²) in [7, 11) is 1.41. The quantitative estimate of drug-likeness (QED) is 0.910. The third-order valence-electron chi connectivity index (χ3n) is 3.84. The largest absolute Gasteiger partial charge is 0.493 e. The van der Waals surface area contributed by atoms with Gasteiger partial charge in [-0.2, -0.15) is 0 Å². The molecule has 128 valence electrons. The molecule has 0 spiro atoms. The highest BCUT2D eigenvalue weighted by Crippen LogP contribution is 2.35. The molecule has 0 unspecified atom stereocenters. The maximum Gasteiger partial charge on any atom is 0.169 e. The highest BCUT2D eigenvalue weighted by molar-refractivity contribution is 5.46. The molecule has 4 nitrogen and oxygen atoms in total. The predicted molar refractivity (Wildman–Crippen MR) is 85.7 cm³/mol. The van der Waals surface area contributed by atoms with E-state index in [9.17, 15) is 8.78 Å². The first kappa shape index (κ1) is 16.7. The highest BCUT2D eigenvalue weighted by Gasteiger charge is 2.19. The Hall–Kier alpha value is -2.18. The summed E-state index contributed by atoms with van der Waals surface area (Å²) in [5, 5.41) is 3.24. The third-order valence-corrected chi connectivity index (χ3v) is 3.84. The fourth-order valence-electron chi connectivity index (χ4n) is 2.66. The summed E-state index contributed by atoms with van der Waals surface area (Å²) in [5.74, 6) is -0.360. The zero-order valence-corrected chi connectivity index (χ0v) is 13.4. The fraction of sp³-hybridized carbons (Fsp3) is 0.333. The van der Waals surface area contributed by atoms with E-state index in [1.807, 2.05) is 0 Å².